The van der Waals surface area contributed by atoms with Crippen LogP contribution in [0.5, 0.6) is 5.75 Å². The van der Waals surface area contributed by atoms with Gasteiger partial charge in [-0.05, 0) is 30.3 Å². The van der Waals surface area contributed by atoms with Crippen LogP contribution in [0, 0.1) is 0 Å². The summed E-state index contributed by atoms with van der Waals surface area (Å²) in [6.07, 6.45) is 0. The first-order chi connectivity index (χ1) is 9.65. The molecule has 6 heteroatoms. The monoisotopic (exact) mass is 289 g/mol. The summed E-state index contributed by atoms with van der Waals surface area (Å²) in [5, 5.41) is 3.57. The van der Waals surface area contributed by atoms with Crippen molar-refractivity contribution in [1.82, 2.24) is 4.98 Å². The lowest BCUT2D eigenvalue weighted by atomic mass is 10.3. The molecule has 20 heavy (non-hydrogen) atoms. The number of oxazole rings is 1. The van der Waals surface area contributed by atoms with Crippen molar-refractivity contribution in [2.24, 2.45) is 0 Å². The van der Waals surface area contributed by atoms with E-state index in [1.54, 1.807) is 43.5 Å². The number of halogens is 1. The highest BCUT2D eigenvalue weighted by atomic mass is 35.5. The Kier molecular flexibility index (Phi) is 3.12. The van der Waals surface area contributed by atoms with E-state index >= 15 is 0 Å². The third kappa shape index (κ3) is 2.35. The molecule has 0 aliphatic rings. The molecule has 5 nitrogen and oxygen atoms in total. The van der Waals surface area contributed by atoms with Gasteiger partial charge >= 0.3 is 0 Å². The molecule has 0 radical (unpaired) electrons. The zero-order valence-electron chi connectivity index (χ0n) is 10.7. The number of nitrogens with two attached hydrogens (primary N) is 1. The summed E-state index contributed by atoms with van der Waals surface area (Å²) >= 11 is 6.12. The van der Waals surface area contributed by atoms with E-state index in [0.717, 1.165) is 0 Å². The number of nitrogen functional groups attached to an aromatic ring is 1. The highest BCUT2D eigenvalue weighted by molar-refractivity contribution is 6.33. The van der Waals surface area contributed by atoms with Gasteiger partial charge in [0.05, 0.1) is 17.8 Å². The quantitative estimate of drug-likeness (QED) is 0.717. The zero-order chi connectivity index (χ0) is 14.1. The molecule has 0 amide bonds. The Morgan fingerprint density at radius 3 is 2.90 bits per heavy atom. The minimum Gasteiger partial charge on any atom is -0.497 e. The number of aromatic nitrogens is 1. The predicted octanol–water partition coefficient (Wildman–Crippen LogP) is 3.82. The van der Waals surface area contributed by atoms with E-state index in [2.05, 4.69) is 10.3 Å². The second-order valence-electron chi connectivity index (χ2n) is 4.22. The van der Waals surface area contributed by atoms with E-state index in [4.69, 9.17) is 26.5 Å². The van der Waals surface area contributed by atoms with Gasteiger partial charge in [-0.1, -0.05) is 11.6 Å². The van der Waals surface area contributed by atoms with Crippen LogP contribution in [0.25, 0.3) is 11.1 Å². The number of rotatable bonds is 3. The number of hydrogen-bond donors (Lipinski definition) is 2. The summed E-state index contributed by atoms with van der Waals surface area (Å²) in [6, 6.07) is 10.9. The lowest BCUT2D eigenvalue weighted by molar-refractivity contribution is 0.415. The van der Waals surface area contributed by atoms with Crippen LogP contribution >= 0.6 is 11.6 Å². The molecule has 1 aromatic heterocycles. The maximum atomic E-state index is 6.12. The summed E-state index contributed by atoms with van der Waals surface area (Å²) < 4.78 is 10.7. The second-order valence-corrected chi connectivity index (χ2v) is 4.62. The van der Waals surface area contributed by atoms with Crippen LogP contribution in [0.4, 0.5) is 17.4 Å². The smallest absolute Gasteiger partial charge is 0.300 e. The molecule has 2 aromatic carbocycles. The summed E-state index contributed by atoms with van der Waals surface area (Å²) in [5.74, 6) is 0.692. The lowest BCUT2D eigenvalue weighted by Crippen LogP contribution is -1.92. The molecule has 3 aromatic rings. The summed E-state index contributed by atoms with van der Waals surface area (Å²) in [4.78, 5) is 4.31. The Bertz CT molecular complexity index is 770. The van der Waals surface area contributed by atoms with Gasteiger partial charge in [-0.15, -0.1) is 0 Å². The molecule has 0 spiro atoms. The van der Waals surface area contributed by atoms with Crippen LogP contribution in [-0.4, -0.2) is 12.1 Å². The SMILES string of the molecule is COc1ccc(Cl)c(Nc2nc3cc(N)ccc3o2)c1. The van der Waals surface area contributed by atoms with Crippen molar-refractivity contribution in [3.05, 3.63) is 41.4 Å². The minimum atomic E-state index is 0.348. The molecule has 1 heterocycles. The number of nitrogens with zero attached hydrogens (tertiary/aromatic N) is 1. The molecule has 3 rings (SSSR count). The number of benzene rings is 2. The average Bonchev–Trinajstić information content (AvgIpc) is 2.82. The third-order valence-electron chi connectivity index (χ3n) is 2.83. The van der Waals surface area contributed by atoms with Gasteiger partial charge in [0.2, 0.25) is 0 Å². The number of ether oxygens (including phenoxy) is 1. The van der Waals surface area contributed by atoms with Crippen molar-refractivity contribution >= 4 is 40.1 Å². The molecule has 0 saturated heterocycles. The van der Waals surface area contributed by atoms with E-state index in [-0.39, 0.29) is 0 Å². The van der Waals surface area contributed by atoms with Gasteiger partial charge < -0.3 is 20.2 Å². The fraction of sp³-hybridized carbons (Fsp3) is 0.0714. The van der Waals surface area contributed by atoms with Crippen molar-refractivity contribution in [2.75, 3.05) is 18.2 Å². The van der Waals surface area contributed by atoms with E-state index in [1.807, 2.05) is 0 Å². The van der Waals surface area contributed by atoms with Gasteiger partial charge in [-0.3, -0.25) is 0 Å². The van der Waals surface area contributed by atoms with Crippen LogP contribution in [0.3, 0.4) is 0 Å². The van der Waals surface area contributed by atoms with Gasteiger partial charge in [0.15, 0.2) is 5.58 Å². The Morgan fingerprint density at radius 1 is 1.25 bits per heavy atom. The summed E-state index contributed by atoms with van der Waals surface area (Å²) in [7, 11) is 1.59. The standard InChI is InChI=1S/C14H12ClN3O2/c1-19-9-3-4-10(15)11(7-9)17-14-18-12-6-8(16)2-5-13(12)20-14/h2-7H,16H2,1H3,(H,17,18). The highest BCUT2D eigenvalue weighted by Crippen LogP contribution is 2.30. The Labute approximate surface area is 120 Å². The van der Waals surface area contributed by atoms with Gasteiger partial charge in [-0.25, -0.2) is 0 Å². The normalized spacial score (nSPS) is 10.7. The van der Waals surface area contributed by atoms with Gasteiger partial charge in [0.1, 0.15) is 11.3 Å². The van der Waals surface area contributed by atoms with Crippen molar-refractivity contribution in [3.63, 3.8) is 0 Å². The van der Waals surface area contributed by atoms with Crippen molar-refractivity contribution in [3.8, 4) is 5.75 Å². The first-order valence-electron chi connectivity index (χ1n) is 5.92. The first-order valence-corrected chi connectivity index (χ1v) is 6.30. The molecule has 0 atom stereocenters. The molecule has 0 saturated carbocycles. The largest absolute Gasteiger partial charge is 0.497 e. The number of nitrogens with one attached hydrogen (secondary N) is 1. The van der Waals surface area contributed by atoms with Crippen LogP contribution in [0.2, 0.25) is 5.02 Å². The van der Waals surface area contributed by atoms with Gasteiger partial charge in [-0.2, -0.15) is 4.98 Å². The van der Waals surface area contributed by atoms with Crippen molar-refractivity contribution < 1.29 is 9.15 Å². The molecule has 0 bridgehead atoms. The fourth-order valence-corrected chi connectivity index (χ4v) is 2.01. The van der Waals surface area contributed by atoms with Crippen LogP contribution in [0.15, 0.2) is 40.8 Å². The number of methoxy groups -OCH3 is 1. The molecule has 0 fully saturated rings. The first kappa shape index (κ1) is 12.6. The Morgan fingerprint density at radius 2 is 2.10 bits per heavy atom. The number of hydrogen-bond acceptors (Lipinski definition) is 5. The van der Waals surface area contributed by atoms with Crippen LogP contribution in [0.1, 0.15) is 0 Å². The third-order valence-corrected chi connectivity index (χ3v) is 3.16. The molecule has 3 N–H and O–H groups in total. The van der Waals surface area contributed by atoms with Crippen molar-refractivity contribution in [2.45, 2.75) is 0 Å². The van der Waals surface area contributed by atoms with E-state index < -0.39 is 0 Å². The Balaban J connectivity index is 1.96. The maximum absolute atomic E-state index is 6.12. The fourth-order valence-electron chi connectivity index (χ4n) is 1.84. The van der Waals surface area contributed by atoms with Crippen LogP contribution < -0.4 is 15.8 Å². The lowest BCUT2D eigenvalue weighted by Gasteiger charge is -2.06. The molecule has 0 aliphatic heterocycles. The molecule has 0 unspecified atom stereocenters. The molecule has 102 valence electrons. The average molecular weight is 290 g/mol. The summed E-state index contributed by atoms with van der Waals surface area (Å²) in [5.41, 5.74) is 8.34. The topological polar surface area (TPSA) is 73.3 Å². The number of fused-ring (bicyclic) bond motifs is 1. The predicted molar refractivity (Wildman–Crippen MR) is 79.7 cm³/mol. The highest BCUT2D eigenvalue weighted by Gasteiger charge is 2.09. The number of anilines is 3. The van der Waals surface area contributed by atoms with Gasteiger partial charge in [0.25, 0.3) is 6.01 Å². The second kappa shape index (κ2) is 4.94. The molecular weight excluding hydrogens is 278 g/mol. The zero-order valence-corrected chi connectivity index (χ0v) is 11.4. The Hall–Kier alpha value is -2.40. The summed E-state index contributed by atoms with van der Waals surface area (Å²) in [6.45, 7) is 0. The van der Waals surface area contributed by atoms with Crippen LogP contribution in [-0.2, 0) is 0 Å². The van der Waals surface area contributed by atoms with Crippen molar-refractivity contribution in [1.29, 1.82) is 0 Å². The van der Waals surface area contributed by atoms with E-state index in [0.29, 0.717) is 39.3 Å². The van der Waals surface area contributed by atoms with E-state index in [9.17, 15) is 0 Å². The molecular formula is C14H12ClN3O2. The minimum absolute atomic E-state index is 0.348. The maximum Gasteiger partial charge on any atom is 0.300 e. The van der Waals surface area contributed by atoms with Gasteiger partial charge in [0, 0.05) is 11.8 Å². The molecule has 0 aliphatic carbocycles. The van der Waals surface area contributed by atoms with E-state index in [1.165, 1.54) is 0 Å².